The second kappa shape index (κ2) is 5.79. The molecule has 0 amide bonds. The lowest BCUT2D eigenvalue weighted by Crippen LogP contribution is -2.17. The van der Waals surface area contributed by atoms with Crippen LogP contribution in [0.2, 0.25) is 0 Å². The number of hydrogen-bond acceptors (Lipinski definition) is 6. The molecule has 2 heterocycles. The third-order valence-electron chi connectivity index (χ3n) is 3.61. The fourth-order valence-electron chi connectivity index (χ4n) is 2.34. The van der Waals surface area contributed by atoms with E-state index < -0.39 is 5.63 Å². The third kappa shape index (κ3) is 2.56. The first-order valence-electron chi connectivity index (χ1n) is 7.19. The van der Waals surface area contributed by atoms with Crippen LogP contribution in [-0.2, 0) is 4.79 Å². The van der Waals surface area contributed by atoms with Crippen LogP contribution < -0.4 is 15.1 Å². The number of carbonyl (C=O) groups excluding carboxylic acids is 1. The lowest BCUT2D eigenvalue weighted by Gasteiger charge is -2.12. The lowest BCUT2D eigenvalue weighted by atomic mass is 10.1. The standard InChI is InChI=1S/C17H16O6/c1-9(2)12(18)8-22-17-15-11(6-7-21-15)14(20-3)10-4-5-13(19)23-16(10)17/h4-7,9H,8H2,1-3H3. The number of Topliss-reactive ketones (excluding diaryl/α,β-unsaturated/α-hetero) is 1. The van der Waals surface area contributed by atoms with Gasteiger partial charge in [0.05, 0.1) is 24.1 Å². The quantitative estimate of drug-likeness (QED) is 0.673. The molecule has 1 aromatic carbocycles. The van der Waals surface area contributed by atoms with Crippen molar-refractivity contribution >= 4 is 27.7 Å². The molecule has 0 aliphatic heterocycles. The van der Waals surface area contributed by atoms with Crippen LogP contribution in [-0.4, -0.2) is 19.5 Å². The van der Waals surface area contributed by atoms with Crippen molar-refractivity contribution in [2.75, 3.05) is 13.7 Å². The maximum atomic E-state index is 11.8. The molecule has 0 radical (unpaired) electrons. The molecule has 0 unspecified atom stereocenters. The molecule has 0 atom stereocenters. The highest BCUT2D eigenvalue weighted by Crippen LogP contribution is 2.42. The van der Waals surface area contributed by atoms with Gasteiger partial charge in [-0.25, -0.2) is 4.79 Å². The van der Waals surface area contributed by atoms with Crippen LogP contribution in [0.5, 0.6) is 11.5 Å². The SMILES string of the molecule is COc1c2ccoc2c(OCC(=O)C(C)C)c2oc(=O)ccc12. The molecule has 3 rings (SSSR count). The molecule has 6 heteroatoms. The van der Waals surface area contributed by atoms with Crippen molar-refractivity contribution in [3.05, 3.63) is 34.9 Å². The fraction of sp³-hybridized carbons (Fsp3) is 0.294. The Hall–Kier alpha value is -2.76. The molecule has 0 aliphatic carbocycles. The van der Waals surface area contributed by atoms with Gasteiger partial charge in [0.1, 0.15) is 12.4 Å². The van der Waals surface area contributed by atoms with E-state index in [9.17, 15) is 9.59 Å². The molecule has 0 saturated carbocycles. The summed E-state index contributed by atoms with van der Waals surface area (Å²) in [6.45, 7) is 3.45. The predicted octanol–water partition coefficient (Wildman–Crippen LogP) is 3.15. The van der Waals surface area contributed by atoms with Crippen molar-refractivity contribution < 1.29 is 23.1 Å². The number of furan rings is 1. The van der Waals surface area contributed by atoms with Crippen LogP contribution >= 0.6 is 0 Å². The number of hydrogen-bond donors (Lipinski definition) is 0. The minimum absolute atomic E-state index is 0.0630. The van der Waals surface area contributed by atoms with Crippen molar-refractivity contribution in [1.29, 1.82) is 0 Å². The lowest BCUT2D eigenvalue weighted by molar-refractivity contribution is -0.123. The molecule has 0 aliphatic rings. The van der Waals surface area contributed by atoms with E-state index in [1.165, 1.54) is 19.4 Å². The summed E-state index contributed by atoms with van der Waals surface area (Å²) in [5.41, 5.74) is 0.0547. The molecule has 120 valence electrons. The van der Waals surface area contributed by atoms with E-state index in [2.05, 4.69) is 0 Å². The highest BCUT2D eigenvalue weighted by Gasteiger charge is 2.21. The molecular weight excluding hydrogens is 300 g/mol. The molecule has 0 saturated heterocycles. The van der Waals surface area contributed by atoms with Gasteiger partial charge in [-0.15, -0.1) is 0 Å². The van der Waals surface area contributed by atoms with E-state index in [1.807, 2.05) is 0 Å². The average Bonchev–Trinajstić information content (AvgIpc) is 3.00. The van der Waals surface area contributed by atoms with E-state index in [-0.39, 0.29) is 29.6 Å². The molecule has 23 heavy (non-hydrogen) atoms. The Morgan fingerprint density at radius 1 is 1.13 bits per heavy atom. The van der Waals surface area contributed by atoms with Crippen LogP contribution in [0.4, 0.5) is 0 Å². The van der Waals surface area contributed by atoms with Gasteiger partial charge in [-0.1, -0.05) is 13.8 Å². The number of ketones is 1. The Kier molecular flexibility index (Phi) is 3.82. The first-order chi connectivity index (χ1) is 11.0. The molecule has 0 fully saturated rings. The zero-order valence-electron chi connectivity index (χ0n) is 13.0. The summed E-state index contributed by atoms with van der Waals surface area (Å²) in [6, 6.07) is 4.64. The van der Waals surface area contributed by atoms with Crippen LogP contribution in [0.3, 0.4) is 0 Å². The maximum Gasteiger partial charge on any atom is 0.336 e. The molecule has 0 spiro atoms. The molecular formula is C17H16O6. The van der Waals surface area contributed by atoms with Gasteiger partial charge in [-0.05, 0) is 12.1 Å². The maximum absolute atomic E-state index is 11.8. The van der Waals surface area contributed by atoms with Gasteiger partial charge in [0, 0.05) is 12.0 Å². The number of rotatable bonds is 5. The second-order valence-corrected chi connectivity index (χ2v) is 5.43. The summed E-state index contributed by atoms with van der Waals surface area (Å²) in [4.78, 5) is 23.4. The summed E-state index contributed by atoms with van der Waals surface area (Å²) in [5, 5.41) is 1.26. The minimum atomic E-state index is -0.523. The van der Waals surface area contributed by atoms with Crippen LogP contribution in [0.25, 0.3) is 21.9 Å². The normalized spacial score (nSPS) is 11.3. The van der Waals surface area contributed by atoms with Gasteiger partial charge in [-0.3, -0.25) is 4.79 Å². The second-order valence-electron chi connectivity index (χ2n) is 5.43. The zero-order valence-corrected chi connectivity index (χ0v) is 13.0. The van der Waals surface area contributed by atoms with E-state index in [0.29, 0.717) is 22.1 Å². The van der Waals surface area contributed by atoms with Crippen molar-refractivity contribution in [2.24, 2.45) is 5.92 Å². The van der Waals surface area contributed by atoms with Crippen LogP contribution in [0.15, 0.2) is 38.1 Å². The number of fused-ring (bicyclic) bond motifs is 2. The monoisotopic (exact) mass is 316 g/mol. The minimum Gasteiger partial charge on any atom is -0.495 e. The Bertz CT molecular complexity index is 931. The first-order valence-corrected chi connectivity index (χ1v) is 7.19. The fourth-order valence-corrected chi connectivity index (χ4v) is 2.34. The van der Waals surface area contributed by atoms with Gasteiger partial charge in [0.2, 0.25) is 5.75 Å². The van der Waals surface area contributed by atoms with Crippen molar-refractivity contribution in [1.82, 2.24) is 0 Å². The van der Waals surface area contributed by atoms with Gasteiger partial charge >= 0.3 is 5.63 Å². The topological polar surface area (TPSA) is 78.9 Å². The first kappa shape index (κ1) is 15.1. The summed E-state index contributed by atoms with van der Waals surface area (Å²) >= 11 is 0. The van der Waals surface area contributed by atoms with Gasteiger partial charge in [-0.2, -0.15) is 0 Å². The Labute approximate surface area is 131 Å². The molecule has 3 aromatic rings. The van der Waals surface area contributed by atoms with E-state index in [1.54, 1.807) is 26.0 Å². The molecule has 0 N–H and O–H groups in total. The summed E-state index contributed by atoms with van der Waals surface area (Å²) in [7, 11) is 1.52. The average molecular weight is 316 g/mol. The van der Waals surface area contributed by atoms with Crippen LogP contribution in [0, 0.1) is 5.92 Å². The van der Waals surface area contributed by atoms with Gasteiger partial charge < -0.3 is 18.3 Å². The van der Waals surface area contributed by atoms with Gasteiger partial charge in [0.25, 0.3) is 0 Å². The molecule has 2 aromatic heterocycles. The van der Waals surface area contributed by atoms with E-state index in [0.717, 1.165) is 0 Å². The Morgan fingerprint density at radius 3 is 2.57 bits per heavy atom. The van der Waals surface area contributed by atoms with Crippen LogP contribution in [0.1, 0.15) is 13.8 Å². The highest BCUT2D eigenvalue weighted by molar-refractivity contribution is 6.06. The third-order valence-corrected chi connectivity index (χ3v) is 3.61. The number of carbonyl (C=O) groups is 1. The van der Waals surface area contributed by atoms with Crippen molar-refractivity contribution in [3.63, 3.8) is 0 Å². The largest absolute Gasteiger partial charge is 0.495 e. The summed E-state index contributed by atoms with van der Waals surface area (Å²) in [6.07, 6.45) is 1.49. The zero-order chi connectivity index (χ0) is 16.6. The molecule has 6 nitrogen and oxygen atoms in total. The van der Waals surface area contributed by atoms with E-state index >= 15 is 0 Å². The smallest absolute Gasteiger partial charge is 0.336 e. The predicted molar refractivity (Wildman–Crippen MR) is 84.1 cm³/mol. The van der Waals surface area contributed by atoms with Crippen molar-refractivity contribution in [3.8, 4) is 11.5 Å². The number of ether oxygens (including phenoxy) is 2. The van der Waals surface area contributed by atoms with Gasteiger partial charge in [0.15, 0.2) is 16.9 Å². The molecule has 0 bridgehead atoms. The Balaban J connectivity index is 2.24. The number of methoxy groups -OCH3 is 1. The highest BCUT2D eigenvalue weighted by atomic mass is 16.5. The number of benzene rings is 1. The van der Waals surface area contributed by atoms with E-state index in [4.69, 9.17) is 18.3 Å². The summed E-state index contributed by atoms with van der Waals surface area (Å²) in [5.74, 6) is 0.535. The van der Waals surface area contributed by atoms with Crippen molar-refractivity contribution in [2.45, 2.75) is 13.8 Å². The Morgan fingerprint density at radius 2 is 1.87 bits per heavy atom. The summed E-state index contributed by atoms with van der Waals surface area (Å²) < 4.78 is 21.8.